The number of aliphatic carboxylic acids is 1. The fourth-order valence-electron chi connectivity index (χ4n) is 3.19. The number of anilines is 1. The van der Waals surface area contributed by atoms with Crippen molar-refractivity contribution in [3.8, 4) is 0 Å². The topological polar surface area (TPSA) is 95.0 Å². The zero-order valence-corrected chi connectivity index (χ0v) is 15.9. The molecule has 2 N–H and O–H groups in total. The van der Waals surface area contributed by atoms with Crippen LogP contribution in [0.5, 0.6) is 0 Å². The second kappa shape index (κ2) is 10.4. The first-order chi connectivity index (χ1) is 12.6. The third kappa shape index (κ3) is 6.59. The molecule has 0 aromatic carbocycles. The minimum atomic E-state index is -1.00. The zero-order valence-electron chi connectivity index (χ0n) is 15.1. The third-order valence-corrected chi connectivity index (χ3v) is 4.48. The Bertz CT molecular complexity index is 692. The minimum absolute atomic E-state index is 0. The van der Waals surface area contributed by atoms with Gasteiger partial charge in [-0.2, -0.15) is 0 Å². The first-order valence-corrected chi connectivity index (χ1v) is 8.82. The van der Waals surface area contributed by atoms with Crippen LogP contribution >= 0.6 is 12.4 Å². The van der Waals surface area contributed by atoms with E-state index < -0.39 is 5.97 Å². The summed E-state index contributed by atoms with van der Waals surface area (Å²) in [6, 6.07) is 1.88. The number of carbonyl (C=O) groups is 2. The van der Waals surface area contributed by atoms with E-state index in [4.69, 9.17) is 9.84 Å². The molecule has 0 saturated carbocycles. The van der Waals surface area contributed by atoms with E-state index in [1.54, 1.807) is 6.20 Å². The Morgan fingerprint density at radius 2 is 2.00 bits per heavy atom. The highest BCUT2D eigenvalue weighted by Crippen LogP contribution is 2.20. The molecule has 1 aromatic heterocycles. The van der Waals surface area contributed by atoms with Crippen LogP contribution in [-0.4, -0.2) is 77.7 Å². The molecule has 0 atom stereocenters. The maximum atomic E-state index is 12.1. The molecule has 3 heterocycles. The van der Waals surface area contributed by atoms with Gasteiger partial charge in [0, 0.05) is 44.0 Å². The quantitative estimate of drug-likeness (QED) is 0.694. The SMILES string of the molecule is Cl.O=C(O)/C=C/c1cnc2c(c1)CN(CCCN1CCOCC1)CC(=O)N2. The van der Waals surface area contributed by atoms with Gasteiger partial charge in [-0.15, -0.1) is 12.4 Å². The Hall–Kier alpha value is -2.00. The number of pyridine rings is 1. The molecule has 1 aromatic rings. The average Bonchev–Trinajstić information content (AvgIpc) is 2.78. The van der Waals surface area contributed by atoms with E-state index in [-0.39, 0.29) is 18.3 Å². The van der Waals surface area contributed by atoms with Crippen LogP contribution in [0.3, 0.4) is 0 Å². The predicted molar refractivity (Wildman–Crippen MR) is 104 cm³/mol. The Morgan fingerprint density at radius 1 is 1.26 bits per heavy atom. The number of carbonyl (C=O) groups excluding carboxylic acids is 1. The van der Waals surface area contributed by atoms with E-state index in [9.17, 15) is 9.59 Å². The summed E-state index contributed by atoms with van der Waals surface area (Å²) in [5.41, 5.74) is 1.60. The van der Waals surface area contributed by atoms with Crippen molar-refractivity contribution in [2.45, 2.75) is 13.0 Å². The van der Waals surface area contributed by atoms with Crippen LogP contribution in [0.1, 0.15) is 17.5 Å². The largest absolute Gasteiger partial charge is 0.478 e. The van der Waals surface area contributed by atoms with Crippen LogP contribution in [0, 0.1) is 0 Å². The second-order valence-electron chi connectivity index (χ2n) is 6.51. The number of morpholine rings is 1. The molecule has 0 aliphatic carbocycles. The maximum absolute atomic E-state index is 12.1. The average molecular weight is 397 g/mol. The van der Waals surface area contributed by atoms with Crippen molar-refractivity contribution in [1.82, 2.24) is 14.8 Å². The van der Waals surface area contributed by atoms with E-state index in [0.717, 1.165) is 57.5 Å². The van der Waals surface area contributed by atoms with E-state index in [2.05, 4.69) is 20.1 Å². The van der Waals surface area contributed by atoms with E-state index in [1.807, 2.05) is 6.07 Å². The van der Waals surface area contributed by atoms with Crippen molar-refractivity contribution >= 4 is 36.2 Å². The number of hydrogen-bond donors (Lipinski definition) is 2. The molecule has 0 spiro atoms. The third-order valence-electron chi connectivity index (χ3n) is 4.48. The van der Waals surface area contributed by atoms with Gasteiger partial charge in [0.1, 0.15) is 5.82 Å². The molecule has 0 unspecified atom stereocenters. The van der Waals surface area contributed by atoms with Gasteiger partial charge in [-0.25, -0.2) is 9.78 Å². The van der Waals surface area contributed by atoms with Crippen molar-refractivity contribution in [2.24, 2.45) is 0 Å². The van der Waals surface area contributed by atoms with Crippen molar-refractivity contribution in [1.29, 1.82) is 0 Å². The maximum Gasteiger partial charge on any atom is 0.328 e. The highest BCUT2D eigenvalue weighted by molar-refractivity contribution is 5.93. The van der Waals surface area contributed by atoms with Crippen LogP contribution in [-0.2, 0) is 20.9 Å². The van der Waals surface area contributed by atoms with Gasteiger partial charge >= 0.3 is 5.97 Å². The van der Waals surface area contributed by atoms with Gasteiger partial charge in [-0.05, 0) is 30.7 Å². The molecule has 1 saturated heterocycles. The van der Waals surface area contributed by atoms with Gasteiger partial charge in [0.25, 0.3) is 0 Å². The number of aromatic nitrogens is 1. The molecule has 0 radical (unpaired) electrons. The van der Waals surface area contributed by atoms with Crippen LogP contribution in [0.25, 0.3) is 6.08 Å². The summed E-state index contributed by atoms with van der Waals surface area (Å²) in [7, 11) is 0. The number of carboxylic acids is 1. The number of rotatable bonds is 6. The summed E-state index contributed by atoms with van der Waals surface area (Å²) >= 11 is 0. The fraction of sp³-hybridized carbons (Fsp3) is 0.500. The first-order valence-electron chi connectivity index (χ1n) is 8.82. The van der Waals surface area contributed by atoms with Gasteiger partial charge < -0.3 is 15.2 Å². The van der Waals surface area contributed by atoms with E-state index >= 15 is 0 Å². The lowest BCUT2D eigenvalue weighted by Gasteiger charge is -2.27. The molecule has 148 valence electrons. The fourth-order valence-corrected chi connectivity index (χ4v) is 3.19. The van der Waals surface area contributed by atoms with Crippen LogP contribution in [0.2, 0.25) is 0 Å². The summed E-state index contributed by atoms with van der Waals surface area (Å²) in [6.07, 6.45) is 5.13. The van der Waals surface area contributed by atoms with Gasteiger partial charge in [-0.3, -0.25) is 14.6 Å². The van der Waals surface area contributed by atoms with Crippen molar-refractivity contribution in [3.63, 3.8) is 0 Å². The molecule has 1 amide bonds. The first kappa shape index (κ1) is 21.3. The summed E-state index contributed by atoms with van der Waals surface area (Å²) in [4.78, 5) is 31.5. The number of fused-ring (bicyclic) bond motifs is 1. The molecule has 2 aliphatic heterocycles. The Kier molecular flexibility index (Phi) is 8.18. The number of carboxylic acid groups (broad SMARTS) is 1. The summed E-state index contributed by atoms with van der Waals surface area (Å²) in [5, 5.41) is 11.6. The van der Waals surface area contributed by atoms with Crippen molar-refractivity contribution in [3.05, 3.63) is 29.5 Å². The number of ether oxygens (including phenoxy) is 1. The summed E-state index contributed by atoms with van der Waals surface area (Å²) < 4.78 is 5.36. The standard InChI is InChI=1S/C18H24N4O4.ClH/c23-16-13-22(5-1-4-21-6-8-26-9-7-21)12-15-10-14(2-3-17(24)25)11-19-18(15)20-16;/h2-3,10-11H,1,4-9,12-13H2,(H,24,25)(H,19,20,23);1H/b3-2+;. The molecule has 1 fully saturated rings. The van der Waals surface area contributed by atoms with Crippen molar-refractivity contribution < 1.29 is 19.4 Å². The molecular weight excluding hydrogens is 372 g/mol. The highest BCUT2D eigenvalue weighted by Gasteiger charge is 2.20. The number of amides is 1. The molecule has 9 heteroatoms. The highest BCUT2D eigenvalue weighted by atomic mass is 35.5. The number of hydrogen-bond acceptors (Lipinski definition) is 6. The molecule has 8 nitrogen and oxygen atoms in total. The van der Waals surface area contributed by atoms with E-state index in [0.29, 0.717) is 24.5 Å². The van der Waals surface area contributed by atoms with Crippen molar-refractivity contribution in [2.75, 3.05) is 51.3 Å². The molecule has 0 bridgehead atoms. The van der Waals surface area contributed by atoms with Gasteiger partial charge in [0.05, 0.1) is 19.8 Å². The van der Waals surface area contributed by atoms with E-state index in [1.165, 1.54) is 6.08 Å². The number of halogens is 1. The molecule has 2 aliphatic rings. The van der Waals surface area contributed by atoms with Gasteiger partial charge in [-0.1, -0.05) is 0 Å². The second-order valence-corrected chi connectivity index (χ2v) is 6.51. The lowest BCUT2D eigenvalue weighted by atomic mass is 10.1. The lowest BCUT2D eigenvalue weighted by molar-refractivity contribution is -0.131. The Balaban J connectivity index is 0.00000261. The Morgan fingerprint density at radius 3 is 2.74 bits per heavy atom. The molecule has 27 heavy (non-hydrogen) atoms. The Labute approximate surface area is 164 Å². The lowest BCUT2D eigenvalue weighted by Crippen LogP contribution is -2.38. The van der Waals surface area contributed by atoms with Crippen LogP contribution in [0.4, 0.5) is 5.82 Å². The summed E-state index contributed by atoms with van der Waals surface area (Å²) in [5.74, 6) is -0.521. The minimum Gasteiger partial charge on any atom is -0.478 e. The monoisotopic (exact) mass is 396 g/mol. The molecular formula is C18H25ClN4O4. The zero-order chi connectivity index (χ0) is 18.4. The number of nitrogens with one attached hydrogen (secondary N) is 1. The predicted octanol–water partition coefficient (Wildman–Crippen LogP) is 1.08. The van der Waals surface area contributed by atoms with Crippen LogP contribution in [0.15, 0.2) is 18.3 Å². The normalized spacial score (nSPS) is 18.4. The smallest absolute Gasteiger partial charge is 0.328 e. The van der Waals surface area contributed by atoms with Gasteiger partial charge in [0.15, 0.2) is 0 Å². The van der Waals surface area contributed by atoms with Gasteiger partial charge in [0.2, 0.25) is 5.91 Å². The van der Waals surface area contributed by atoms with Crippen LogP contribution < -0.4 is 5.32 Å². The summed E-state index contributed by atoms with van der Waals surface area (Å²) in [6.45, 7) is 6.26. The number of nitrogens with zero attached hydrogens (tertiary/aromatic N) is 3. The molecule has 3 rings (SSSR count).